The summed E-state index contributed by atoms with van der Waals surface area (Å²) in [5.74, 6) is 0.308. The van der Waals surface area contributed by atoms with Gasteiger partial charge in [-0.1, -0.05) is 30.3 Å². The van der Waals surface area contributed by atoms with Crippen molar-refractivity contribution in [2.24, 2.45) is 22.6 Å². The van der Waals surface area contributed by atoms with Crippen LogP contribution in [-0.2, 0) is 4.79 Å². The van der Waals surface area contributed by atoms with Gasteiger partial charge in [0.15, 0.2) is 0 Å². The van der Waals surface area contributed by atoms with Crippen molar-refractivity contribution in [3.63, 3.8) is 0 Å². The van der Waals surface area contributed by atoms with Crippen LogP contribution < -0.4 is 16.0 Å². The number of carbonyl (C=O) groups excluding carboxylic acids is 1. The van der Waals surface area contributed by atoms with Crippen molar-refractivity contribution < 1.29 is 4.79 Å². The molecule has 4 rings (SSSR count). The maximum Gasteiger partial charge on any atom is 0.125 e. The maximum absolute atomic E-state index is 12.2. The van der Waals surface area contributed by atoms with Gasteiger partial charge in [-0.3, -0.25) is 4.99 Å². The largest absolute Gasteiger partial charge is 0.390 e. The average molecular weight is 488 g/mol. The molecule has 2 heterocycles. The minimum Gasteiger partial charge on any atom is -0.390 e. The van der Waals surface area contributed by atoms with E-state index in [2.05, 4.69) is 57.0 Å². The number of anilines is 1. The van der Waals surface area contributed by atoms with Crippen LogP contribution in [0.1, 0.15) is 29.3 Å². The Morgan fingerprint density at radius 2 is 1.86 bits per heavy atom. The Hall–Kier alpha value is -3.47. The summed E-state index contributed by atoms with van der Waals surface area (Å²) in [4.78, 5) is 19.2. The third-order valence-corrected chi connectivity index (χ3v) is 7.47. The molecule has 2 aromatic carbocycles. The Labute approximate surface area is 212 Å². The van der Waals surface area contributed by atoms with Gasteiger partial charge in [0.05, 0.1) is 24.0 Å². The number of aldehydes is 1. The van der Waals surface area contributed by atoms with Gasteiger partial charge >= 0.3 is 0 Å². The summed E-state index contributed by atoms with van der Waals surface area (Å²) in [7, 11) is 3.57. The summed E-state index contributed by atoms with van der Waals surface area (Å²) in [5.41, 5.74) is 8.79. The van der Waals surface area contributed by atoms with Crippen molar-refractivity contribution in [1.82, 2.24) is 5.32 Å². The topological polar surface area (TPSA) is 94.5 Å². The molecule has 7 heteroatoms. The Morgan fingerprint density at radius 3 is 2.46 bits per heavy atom. The minimum atomic E-state index is -0.0557. The standard InChI is InChI=1S/C26H27N3OS.C2H6N2/c1-28-26(25-15-22(18-31-25)21-7-5-6-19(14-21)16-27)24(17-30)20-10-12-29(13-11-20)23-8-3-2-4-9-23;1-4-2-3/h2-9,14-15,17-18,20,24,26,28H,10-13H2,1H3;2H,1H3,(H2,3,4). The van der Waals surface area contributed by atoms with Crippen molar-refractivity contribution in [3.8, 4) is 17.2 Å². The van der Waals surface area contributed by atoms with Crippen LogP contribution in [0.3, 0.4) is 0 Å². The summed E-state index contributed by atoms with van der Waals surface area (Å²) >= 11 is 1.68. The molecule has 2 atom stereocenters. The molecule has 1 saturated heterocycles. The summed E-state index contributed by atoms with van der Waals surface area (Å²) in [5, 5.41) is 14.7. The second-order valence-electron chi connectivity index (χ2n) is 8.48. The van der Waals surface area contributed by atoms with Gasteiger partial charge in [-0.15, -0.1) is 11.3 Å². The zero-order valence-electron chi connectivity index (χ0n) is 20.3. The Morgan fingerprint density at radius 1 is 1.14 bits per heavy atom. The van der Waals surface area contributed by atoms with Gasteiger partial charge in [0, 0.05) is 36.6 Å². The first-order chi connectivity index (χ1) is 17.1. The van der Waals surface area contributed by atoms with Crippen LogP contribution in [0, 0.1) is 23.2 Å². The maximum atomic E-state index is 12.2. The number of piperidine rings is 1. The smallest absolute Gasteiger partial charge is 0.125 e. The Balaban J connectivity index is 0.000000795. The van der Waals surface area contributed by atoms with Crippen molar-refractivity contribution in [2.45, 2.75) is 18.9 Å². The number of benzene rings is 2. The van der Waals surface area contributed by atoms with Crippen LogP contribution in [0.2, 0.25) is 0 Å². The zero-order chi connectivity index (χ0) is 25.0. The summed E-state index contributed by atoms with van der Waals surface area (Å²) in [6.07, 6.45) is 4.43. The molecule has 0 aliphatic carbocycles. The van der Waals surface area contributed by atoms with E-state index in [1.54, 1.807) is 18.4 Å². The van der Waals surface area contributed by atoms with E-state index in [4.69, 9.17) is 5.73 Å². The quantitative estimate of drug-likeness (QED) is 0.281. The van der Waals surface area contributed by atoms with E-state index in [1.165, 1.54) is 16.9 Å². The highest BCUT2D eigenvalue weighted by atomic mass is 32.1. The number of hydrogen-bond donors (Lipinski definition) is 2. The number of carbonyl (C=O) groups is 1. The predicted octanol–water partition coefficient (Wildman–Crippen LogP) is 4.88. The third kappa shape index (κ3) is 6.78. The first-order valence-corrected chi connectivity index (χ1v) is 12.7. The lowest BCUT2D eigenvalue weighted by Gasteiger charge is -2.38. The van der Waals surface area contributed by atoms with Crippen LogP contribution in [0.4, 0.5) is 5.69 Å². The number of thiophene rings is 1. The summed E-state index contributed by atoms with van der Waals surface area (Å²) < 4.78 is 0. The first-order valence-electron chi connectivity index (χ1n) is 11.8. The number of nitrogens with two attached hydrogens (primary N) is 1. The predicted molar refractivity (Wildman–Crippen MR) is 146 cm³/mol. The van der Waals surface area contributed by atoms with Crippen LogP contribution in [-0.4, -0.2) is 39.8 Å². The van der Waals surface area contributed by atoms with E-state index < -0.39 is 0 Å². The second kappa shape index (κ2) is 13.4. The lowest BCUT2D eigenvalue weighted by Crippen LogP contribution is -2.40. The van der Waals surface area contributed by atoms with Crippen LogP contribution in [0.5, 0.6) is 0 Å². The van der Waals surface area contributed by atoms with Crippen molar-refractivity contribution >= 4 is 29.6 Å². The van der Waals surface area contributed by atoms with Crippen molar-refractivity contribution in [1.29, 1.82) is 5.26 Å². The fraction of sp³-hybridized carbons (Fsp3) is 0.321. The van der Waals surface area contributed by atoms with E-state index in [1.807, 2.05) is 37.4 Å². The number of rotatable bonds is 7. The number of para-hydroxylation sites is 1. The van der Waals surface area contributed by atoms with Crippen LogP contribution in [0.15, 0.2) is 71.0 Å². The highest BCUT2D eigenvalue weighted by Gasteiger charge is 2.33. The van der Waals surface area contributed by atoms with E-state index >= 15 is 0 Å². The molecule has 1 aliphatic heterocycles. The van der Waals surface area contributed by atoms with E-state index in [0.29, 0.717) is 11.5 Å². The van der Waals surface area contributed by atoms with Gasteiger partial charge in [0.25, 0.3) is 0 Å². The first kappa shape index (κ1) is 26.1. The SMILES string of the molecule is CN=CN.CNC(c1cc(-c2cccc(C#N)c2)cs1)C(C=O)C1CCN(c2ccccc2)CC1. The monoisotopic (exact) mass is 487 g/mol. The molecule has 1 aromatic heterocycles. The number of aliphatic imine (C=N–C) groups is 1. The van der Waals surface area contributed by atoms with E-state index in [-0.39, 0.29) is 12.0 Å². The molecule has 6 nitrogen and oxygen atoms in total. The number of nitrogens with one attached hydrogen (secondary N) is 1. The third-order valence-electron chi connectivity index (χ3n) is 6.46. The molecule has 0 saturated carbocycles. The molecule has 0 spiro atoms. The lowest BCUT2D eigenvalue weighted by molar-refractivity contribution is -0.113. The van der Waals surface area contributed by atoms with Gasteiger partial charge in [-0.2, -0.15) is 5.26 Å². The van der Waals surface area contributed by atoms with E-state index in [0.717, 1.165) is 43.3 Å². The molecule has 2 unspecified atom stereocenters. The summed E-state index contributed by atoms with van der Waals surface area (Å²) in [6.45, 7) is 1.96. The molecule has 1 fully saturated rings. The van der Waals surface area contributed by atoms with Gasteiger partial charge in [-0.25, -0.2) is 0 Å². The van der Waals surface area contributed by atoms with Gasteiger partial charge < -0.3 is 20.7 Å². The molecular formula is C28H33N5OS. The Bertz CT molecular complexity index is 1130. The van der Waals surface area contributed by atoms with E-state index in [9.17, 15) is 10.1 Å². The fourth-order valence-corrected chi connectivity index (χ4v) is 5.69. The molecule has 3 aromatic rings. The molecule has 182 valence electrons. The molecular weight excluding hydrogens is 454 g/mol. The molecule has 35 heavy (non-hydrogen) atoms. The fourth-order valence-electron chi connectivity index (χ4n) is 4.60. The normalized spacial score (nSPS) is 15.6. The number of nitrogens with zero attached hydrogens (tertiary/aromatic N) is 3. The van der Waals surface area contributed by atoms with Crippen LogP contribution >= 0.6 is 11.3 Å². The van der Waals surface area contributed by atoms with Gasteiger partial charge in [-0.05, 0) is 72.6 Å². The summed E-state index contributed by atoms with van der Waals surface area (Å²) in [6, 6.07) is 22.5. The number of hydrogen-bond acceptors (Lipinski definition) is 6. The highest BCUT2D eigenvalue weighted by molar-refractivity contribution is 7.10. The van der Waals surface area contributed by atoms with Gasteiger partial charge in [0.1, 0.15) is 6.29 Å². The second-order valence-corrected chi connectivity index (χ2v) is 9.42. The number of nitriles is 1. The molecule has 3 N–H and O–H groups in total. The molecule has 1 aliphatic rings. The minimum absolute atomic E-state index is 0.00340. The molecule has 0 radical (unpaired) electrons. The molecule has 0 amide bonds. The van der Waals surface area contributed by atoms with Gasteiger partial charge in [0.2, 0.25) is 0 Å². The Kier molecular flexibility index (Phi) is 10.0. The zero-order valence-corrected chi connectivity index (χ0v) is 21.1. The average Bonchev–Trinajstić information content (AvgIpc) is 3.42. The highest BCUT2D eigenvalue weighted by Crippen LogP contribution is 2.38. The van der Waals surface area contributed by atoms with Crippen LogP contribution in [0.25, 0.3) is 11.1 Å². The van der Waals surface area contributed by atoms with Crippen molar-refractivity contribution in [3.05, 3.63) is 76.5 Å². The lowest BCUT2D eigenvalue weighted by atomic mass is 9.80. The molecule has 0 bridgehead atoms. The van der Waals surface area contributed by atoms with Crippen molar-refractivity contribution in [2.75, 3.05) is 32.1 Å².